The van der Waals surface area contributed by atoms with Crippen LogP contribution in [0.5, 0.6) is 0 Å². The first-order chi connectivity index (χ1) is 6.13. The molecule has 0 aromatic carbocycles. The number of hydrogen-bond acceptors (Lipinski definition) is 2. The molecule has 0 aromatic rings. The van der Waals surface area contributed by atoms with Crippen LogP contribution in [-0.4, -0.2) is 22.0 Å². The molecule has 0 N–H and O–H groups in total. The largest absolute Gasteiger partial charge is 0.477 e. The molecule has 3 heteroatoms. The average molecular weight is 295 g/mol. The molecule has 13 heavy (non-hydrogen) atoms. The van der Waals surface area contributed by atoms with E-state index in [9.17, 15) is 0 Å². The Labute approximate surface area is 94.3 Å². The summed E-state index contributed by atoms with van der Waals surface area (Å²) in [5.41, 5.74) is 0. The monoisotopic (exact) mass is 295 g/mol. The first kappa shape index (κ1) is 11.3. The van der Waals surface area contributed by atoms with Crippen molar-refractivity contribution in [1.82, 2.24) is 0 Å². The molecule has 0 radical (unpaired) electrons. The maximum Gasteiger partial charge on any atom is 0.180 e. The minimum atomic E-state index is 0.382. The summed E-state index contributed by atoms with van der Waals surface area (Å²) in [6.07, 6.45) is 3.93. The number of nitrogens with zero attached hydrogens (tertiary/aromatic N) is 1. The lowest BCUT2D eigenvalue weighted by atomic mass is 10.0. The highest BCUT2D eigenvalue weighted by Gasteiger charge is 2.25. The quantitative estimate of drug-likeness (QED) is 0.579. The molecule has 76 valence electrons. The van der Waals surface area contributed by atoms with E-state index in [0.717, 1.165) is 12.3 Å². The Hall–Kier alpha value is 0.200. The Bertz CT molecular complexity index is 193. The number of halogens is 1. The second kappa shape index (κ2) is 5.17. The molecule has 1 unspecified atom stereocenters. The summed E-state index contributed by atoms with van der Waals surface area (Å²) in [4.78, 5) is 4.37. The average Bonchev–Trinajstić information content (AvgIpc) is 2.03. The summed E-state index contributed by atoms with van der Waals surface area (Å²) < 4.78 is 6.35. The highest BCUT2D eigenvalue weighted by Crippen LogP contribution is 2.24. The molecule has 0 saturated heterocycles. The molecule has 1 aliphatic rings. The summed E-state index contributed by atoms with van der Waals surface area (Å²) in [5, 5.41) is 0. The van der Waals surface area contributed by atoms with Crippen molar-refractivity contribution >= 4 is 28.5 Å². The molecular weight excluding hydrogens is 277 g/mol. The van der Waals surface area contributed by atoms with Crippen molar-refractivity contribution in [2.24, 2.45) is 4.99 Å². The SMILES string of the molecule is CCC[C@H](I)[C@H]1CC(C)N=C(C)O1. The molecule has 0 bridgehead atoms. The zero-order chi connectivity index (χ0) is 9.84. The molecule has 0 spiro atoms. The fourth-order valence-electron chi connectivity index (χ4n) is 1.68. The van der Waals surface area contributed by atoms with Crippen LogP contribution >= 0.6 is 22.6 Å². The second-order valence-corrected chi connectivity index (χ2v) is 5.29. The van der Waals surface area contributed by atoms with Crippen molar-refractivity contribution < 1.29 is 4.74 Å². The van der Waals surface area contributed by atoms with Crippen LogP contribution < -0.4 is 0 Å². The van der Waals surface area contributed by atoms with Gasteiger partial charge >= 0.3 is 0 Å². The van der Waals surface area contributed by atoms with Gasteiger partial charge in [0.15, 0.2) is 5.90 Å². The zero-order valence-electron chi connectivity index (χ0n) is 8.59. The van der Waals surface area contributed by atoms with E-state index in [4.69, 9.17) is 4.74 Å². The number of hydrogen-bond donors (Lipinski definition) is 0. The fourth-order valence-corrected chi connectivity index (χ4v) is 2.74. The highest BCUT2D eigenvalue weighted by atomic mass is 127. The molecule has 0 amide bonds. The third kappa shape index (κ3) is 3.44. The molecular formula is C10H18INO. The number of ether oxygens (including phenoxy) is 1. The van der Waals surface area contributed by atoms with Gasteiger partial charge in [-0.1, -0.05) is 35.9 Å². The zero-order valence-corrected chi connectivity index (χ0v) is 10.7. The van der Waals surface area contributed by atoms with E-state index in [1.165, 1.54) is 12.8 Å². The Morgan fingerprint density at radius 1 is 1.69 bits per heavy atom. The third-order valence-corrected chi connectivity index (χ3v) is 3.69. The van der Waals surface area contributed by atoms with Crippen molar-refractivity contribution in [2.45, 2.75) is 56.1 Å². The maximum atomic E-state index is 5.71. The summed E-state index contributed by atoms with van der Waals surface area (Å²) in [7, 11) is 0. The second-order valence-electron chi connectivity index (χ2n) is 3.69. The lowest BCUT2D eigenvalue weighted by Crippen LogP contribution is -2.33. The fraction of sp³-hybridized carbons (Fsp3) is 0.900. The molecule has 1 aliphatic heterocycles. The first-order valence-electron chi connectivity index (χ1n) is 4.98. The summed E-state index contributed by atoms with van der Waals surface area (Å²) in [6.45, 7) is 6.34. The van der Waals surface area contributed by atoms with Crippen molar-refractivity contribution in [2.75, 3.05) is 0 Å². The van der Waals surface area contributed by atoms with Crippen LogP contribution in [0.15, 0.2) is 4.99 Å². The van der Waals surface area contributed by atoms with Gasteiger partial charge in [0, 0.05) is 17.3 Å². The number of aliphatic imine (C=N–C) groups is 1. The van der Waals surface area contributed by atoms with Crippen molar-refractivity contribution in [3.8, 4) is 0 Å². The number of alkyl halides is 1. The van der Waals surface area contributed by atoms with Crippen molar-refractivity contribution in [3.05, 3.63) is 0 Å². The van der Waals surface area contributed by atoms with Gasteiger partial charge in [0.2, 0.25) is 0 Å². The van der Waals surface area contributed by atoms with Crippen LogP contribution in [0.25, 0.3) is 0 Å². The Morgan fingerprint density at radius 3 is 2.92 bits per heavy atom. The first-order valence-corrected chi connectivity index (χ1v) is 6.23. The van der Waals surface area contributed by atoms with Crippen molar-refractivity contribution in [1.29, 1.82) is 0 Å². The van der Waals surface area contributed by atoms with Gasteiger partial charge in [0.05, 0.1) is 6.04 Å². The van der Waals surface area contributed by atoms with Crippen LogP contribution in [0, 0.1) is 0 Å². The molecule has 0 aromatic heterocycles. The lowest BCUT2D eigenvalue weighted by molar-refractivity contribution is 0.149. The van der Waals surface area contributed by atoms with Gasteiger partial charge in [0.1, 0.15) is 6.10 Å². The van der Waals surface area contributed by atoms with Gasteiger partial charge in [-0.3, -0.25) is 4.99 Å². The standard InChI is InChI=1S/C10H18INO/c1-4-5-9(11)10-6-7(2)12-8(3)13-10/h7,9-10H,4-6H2,1-3H3/t7?,9-,10+/m0/s1. The topological polar surface area (TPSA) is 21.6 Å². The molecule has 0 aliphatic carbocycles. The van der Waals surface area contributed by atoms with E-state index >= 15 is 0 Å². The minimum Gasteiger partial charge on any atom is -0.477 e. The lowest BCUT2D eigenvalue weighted by Gasteiger charge is -2.29. The van der Waals surface area contributed by atoms with Crippen LogP contribution in [0.1, 0.15) is 40.0 Å². The molecule has 0 saturated carbocycles. The maximum absolute atomic E-state index is 5.71. The van der Waals surface area contributed by atoms with Gasteiger partial charge in [-0.2, -0.15) is 0 Å². The van der Waals surface area contributed by atoms with Gasteiger partial charge in [0.25, 0.3) is 0 Å². The van der Waals surface area contributed by atoms with Gasteiger partial charge in [-0.05, 0) is 13.3 Å². The van der Waals surface area contributed by atoms with E-state index in [0.29, 0.717) is 16.1 Å². The van der Waals surface area contributed by atoms with Crippen molar-refractivity contribution in [3.63, 3.8) is 0 Å². The molecule has 1 rings (SSSR count). The Balaban J connectivity index is 2.49. The smallest absolute Gasteiger partial charge is 0.180 e. The molecule has 0 fully saturated rings. The van der Waals surface area contributed by atoms with Gasteiger partial charge in [-0.25, -0.2) is 0 Å². The summed E-state index contributed by atoms with van der Waals surface area (Å²) >= 11 is 2.50. The summed E-state index contributed by atoms with van der Waals surface area (Å²) in [5.74, 6) is 0.863. The van der Waals surface area contributed by atoms with E-state index < -0.39 is 0 Å². The van der Waals surface area contributed by atoms with E-state index in [1.807, 2.05) is 6.92 Å². The normalized spacial score (nSPS) is 30.6. The van der Waals surface area contributed by atoms with E-state index in [2.05, 4.69) is 41.4 Å². The molecule has 2 nitrogen and oxygen atoms in total. The summed E-state index contributed by atoms with van der Waals surface area (Å²) in [6, 6.07) is 0.438. The van der Waals surface area contributed by atoms with Crippen LogP contribution in [0.3, 0.4) is 0 Å². The molecule has 3 atom stereocenters. The highest BCUT2D eigenvalue weighted by molar-refractivity contribution is 14.1. The predicted octanol–water partition coefficient (Wildman–Crippen LogP) is 3.19. The Morgan fingerprint density at radius 2 is 2.38 bits per heavy atom. The van der Waals surface area contributed by atoms with Crippen LogP contribution in [0.2, 0.25) is 0 Å². The van der Waals surface area contributed by atoms with Gasteiger partial charge < -0.3 is 4.74 Å². The Kier molecular flexibility index (Phi) is 4.49. The van der Waals surface area contributed by atoms with Crippen LogP contribution in [0.4, 0.5) is 0 Å². The predicted molar refractivity (Wildman–Crippen MR) is 64.8 cm³/mol. The van der Waals surface area contributed by atoms with Gasteiger partial charge in [-0.15, -0.1) is 0 Å². The van der Waals surface area contributed by atoms with E-state index in [-0.39, 0.29) is 0 Å². The number of rotatable bonds is 3. The van der Waals surface area contributed by atoms with Crippen LogP contribution in [-0.2, 0) is 4.74 Å². The minimum absolute atomic E-state index is 0.382. The van der Waals surface area contributed by atoms with E-state index in [1.54, 1.807) is 0 Å². The molecule has 1 heterocycles. The third-order valence-electron chi connectivity index (χ3n) is 2.27.